The number of rotatable bonds is 4. The molecule has 1 aliphatic heterocycles. The van der Waals surface area contributed by atoms with E-state index in [9.17, 15) is 9.59 Å². The van der Waals surface area contributed by atoms with Gasteiger partial charge in [-0.15, -0.1) is 0 Å². The largest absolute Gasteiger partial charge is 0.379 e. The van der Waals surface area contributed by atoms with E-state index in [-0.39, 0.29) is 11.8 Å². The molecular formula is C18H19N3O3S. The number of amides is 2. The molecule has 130 valence electrons. The predicted molar refractivity (Wildman–Crippen MR) is 96.5 cm³/mol. The van der Waals surface area contributed by atoms with Crippen molar-refractivity contribution < 1.29 is 14.3 Å². The lowest BCUT2D eigenvalue weighted by Gasteiger charge is -2.30. The molecule has 6 nitrogen and oxygen atoms in total. The molecule has 2 aromatic carbocycles. The van der Waals surface area contributed by atoms with Gasteiger partial charge in [0.1, 0.15) is 0 Å². The SMILES string of the molecule is O=C(NN(SN1CCOCC1)C(=O)c1ccccc1)c1ccccc1. The summed E-state index contributed by atoms with van der Waals surface area (Å²) in [6, 6.07) is 17.7. The van der Waals surface area contributed by atoms with Crippen molar-refractivity contribution in [3.8, 4) is 0 Å². The first-order valence-corrected chi connectivity index (χ1v) is 8.73. The van der Waals surface area contributed by atoms with Crippen LogP contribution in [0.4, 0.5) is 0 Å². The van der Waals surface area contributed by atoms with E-state index in [4.69, 9.17) is 4.74 Å². The van der Waals surface area contributed by atoms with Crippen LogP contribution in [0.25, 0.3) is 0 Å². The predicted octanol–water partition coefficient (Wildman–Crippen LogP) is 2.37. The number of hydrogen-bond acceptors (Lipinski definition) is 5. The molecule has 1 saturated heterocycles. The molecule has 0 radical (unpaired) electrons. The Labute approximate surface area is 151 Å². The van der Waals surface area contributed by atoms with Crippen LogP contribution >= 0.6 is 12.1 Å². The Balaban J connectivity index is 1.75. The molecule has 3 rings (SSSR count). The lowest BCUT2D eigenvalue weighted by atomic mass is 10.2. The van der Waals surface area contributed by atoms with Crippen molar-refractivity contribution in [3.63, 3.8) is 0 Å². The minimum absolute atomic E-state index is 0.277. The van der Waals surface area contributed by atoms with Crippen LogP contribution in [0.5, 0.6) is 0 Å². The third-order valence-corrected chi connectivity index (χ3v) is 4.63. The first-order chi connectivity index (χ1) is 12.2. The molecular weight excluding hydrogens is 338 g/mol. The Morgan fingerprint density at radius 3 is 2.08 bits per heavy atom. The van der Waals surface area contributed by atoms with Crippen LogP contribution in [0.15, 0.2) is 60.7 Å². The van der Waals surface area contributed by atoms with Crippen LogP contribution < -0.4 is 5.43 Å². The van der Waals surface area contributed by atoms with Crippen molar-refractivity contribution in [1.82, 2.24) is 14.1 Å². The minimum Gasteiger partial charge on any atom is -0.379 e. The first kappa shape index (κ1) is 17.5. The molecule has 25 heavy (non-hydrogen) atoms. The van der Waals surface area contributed by atoms with Crippen molar-refractivity contribution in [3.05, 3.63) is 71.8 Å². The maximum Gasteiger partial charge on any atom is 0.283 e. The lowest BCUT2D eigenvalue weighted by Crippen LogP contribution is -2.45. The molecule has 1 heterocycles. The Kier molecular flexibility index (Phi) is 6.05. The number of carbonyl (C=O) groups is 2. The fraction of sp³-hybridized carbons (Fsp3) is 0.222. The van der Waals surface area contributed by atoms with Gasteiger partial charge in [0.2, 0.25) is 0 Å². The summed E-state index contributed by atoms with van der Waals surface area (Å²) < 4.78 is 8.61. The summed E-state index contributed by atoms with van der Waals surface area (Å²) in [5.41, 5.74) is 3.71. The highest BCUT2D eigenvalue weighted by molar-refractivity contribution is 7.95. The van der Waals surface area contributed by atoms with Crippen LogP contribution in [-0.2, 0) is 4.74 Å². The van der Waals surface area contributed by atoms with E-state index in [0.717, 1.165) is 0 Å². The molecule has 7 heteroatoms. The second-order valence-corrected chi connectivity index (χ2v) is 6.44. The second-order valence-electron chi connectivity index (χ2n) is 5.40. The normalized spacial score (nSPS) is 14.7. The zero-order valence-electron chi connectivity index (χ0n) is 13.6. The van der Waals surface area contributed by atoms with Crippen LogP contribution in [0.1, 0.15) is 20.7 Å². The standard InChI is InChI=1S/C18H19N3O3S/c22-17(15-7-3-1-4-8-15)19-21(25-20-11-13-24-14-12-20)18(23)16-9-5-2-6-10-16/h1-10H,11-14H2,(H,19,22). The first-order valence-electron chi connectivity index (χ1n) is 8.00. The number of carbonyl (C=O) groups excluding carboxylic acids is 2. The van der Waals surface area contributed by atoms with Gasteiger partial charge in [-0.3, -0.25) is 9.59 Å². The van der Waals surface area contributed by atoms with Gasteiger partial charge in [0, 0.05) is 24.2 Å². The average molecular weight is 357 g/mol. The van der Waals surface area contributed by atoms with Gasteiger partial charge in [-0.2, -0.15) is 4.41 Å². The summed E-state index contributed by atoms with van der Waals surface area (Å²) in [4.78, 5) is 25.3. The molecule has 1 N–H and O–H groups in total. The van der Waals surface area contributed by atoms with E-state index in [1.807, 2.05) is 16.4 Å². The van der Waals surface area contributed by atoms with E-state index in [1.54, 1.807) is 48.5 Å². The fourth-order valence-corrected chi connectivity index (χ4v) is 3.14. The van der Waals surface area contributed by atoms with Gasteiger partial charge in [-0.25, -0.2) is 9.73 Å². The van der Waals surface area contributed by atoms with Crippen molar-refractivity contribution in [2.45, 2.75) is 0 Å². The molecule has 0 unspecified atom stereocenters. The van der Waals surface area contributed by atoms with Crippen molar-refractivity contribution in [1.29, 1.82) is 0 Å². The third-order valence-electron chi connectivity index (χ3n) is 3.61. The minimum atomic E-state index is -0.328. The van der Waals surface area contributed by atoms with Gasteiger partial charge in [0.05, 0.1) is 25.3 Å². The number of hydrogen-bond donors (Lipinski definition) is 1. The highest BCUT2D eigenvalue weighted by Crippen LogP contribution is 2.19. The molecule has 0 saturated carbocycles. The van der Waals surface area contributed by atoms with Gasteiger partial charge in [-0.1, -0.05) is 36.4 Å². The number of nitrogens with one attached hydrogen (secondary N) is 1. The summed E-state index contributed by atoms with van der Waals surface area (Å²) in [5.74, 6) is -0.605. The molecule has 0 spiro atoms. The van der Waals surface area contributed by atoms with E-state index >= 15 is 0 Å². The summed E-state index contributed by atoms with van der Waals surface area (Å²) in [5, 5.41) is 0. The van der Waals surface area contributed by atoms with E-state index in [2.05, 4.69) is 5.43 Å². The molecule has 2 aromatic rings. The van der Waals surface area contributed by atoms with Crippen molar-refractivity contribution in [2.24, 2.45) is 0 Å². The number of benzene rings is 2. The van der Waals surface area contributed by atoms with Crippen molar-refractivity contribution >= 4 is 23.9 Å². The Hall–Kier alpha value is -2.35. The van der Waals surface area contributed by atoms with Gasteiger partial charge in [0.15, 0.2) is 0 Å². The number of nitrogens with zero attached hydrogens (tertiary/aromatic N) is 2. The smallest absolute Gasteiger partial charge is 0.283 e. The van der Waals surface area contributed by atoms with Crippen molar-refractivity contribution in [2.75, 3.05) is 26.3 Å². The van der Waals surface area contributed by atoms with E-state index in [1.165, 1.54) is 16.5 Å². The van der Waals surface area contributed by atoms with Gasteiger partial charge in [-0.05, 0) is 24.3 Å². The fourth-order valence-electron chi connectivity index (χ4n) is 2.30. The Morgan fingerprint density at radius 2 is 1.48 bits per heavy atom. The second kappa shape index (κ2) is 8.66. The highest BCUT2D eigenvalue weighted by Gasteiger charge is 2.24. The van der Waals surface area contributed by atoms with Crippen LogP contribution in [0, 0.1) is 0 Å². The zero-order chi connectivity index (χ0) is 17.5. The average Bonchev–Trinajstić information content (AvgIpc) is 2.69. The summed E-state index contributed by atoms with van der Waals surface area (Å²) in [7, 11) is 0. The molecule has 0 aromatic heterocycles. The topological polar surface area (TPSA) is 61.9 Å². The molecule has 0 aliphatic carbocycles. The van der Waals surface area contributed by atoms with Crippen LogP contribution in [-0.4, -0.2) is 46.8 Å². The monoisotopic (exact) mass is 357 g/mol. The Bertz CT molecular complexity index is 706. The summed E-state index contributed by atoms with van der Waals surface area (Å²) in [6.45, 7) is 2.58. The molecule has 1 fully saturated rings. The van der Waals surface area contributed by atoms with Gasteiger partial charge >= 0.3 is 0 Å². The molecule has 0 atom stereocenters. The number of morpholine rings is 1. The zero-order valence-corrected chi connectivity index (χ0v) is 14.4. The number of ether oxygens (including phenoxy) is 1. The summed E-state index contributed by atoms with van der Waals surface area (Å²) in [6.07, 6.45) is 0. The highest BCUT2D eigenvalue weighted by atomic mass is 32.2. The van der Waals surface area contributed by atoms with Gasteiger partial charge in [0.25, 0.3) is 11.8 Å². The van der Waals surface area contributed by atoms with Crippen LogP contribution in [0.3, 0.4) is 0 Å². The maximum atomic E-state index is 12.8. The Morgan fingerprint density at radius 1 is 0.920 bits per heavy atom. The third kappa shape index (κ3) is 4.82. The summed E-state index contributed by atoms with van der Waals surface area (Å²) >= 11 is 1.20. The quantitative estimate of drug-likeness (QED) is 0.672. The molecule has 1 aliphatic rings. The van der Waals surface area contributed by atoms with Crippen LogP contribution in [0.2, 0.25) is 0 Å². The number of hydrazine groups is 1. The van der Waals surface area contributed by atoms with E-state index < -0.39 is 0 Å². The van der Waals surface area contributed by atoms with Gasteiger partial charge < -0.3 is 4.74 Å². The maximum absolute atomic E-state index is 12.8. The molecule has 0 bridgehead atoms. The lowest BCUT2D eigenvalue weighted by molar-refractivity contribution is 0.0673. The van der Waals surface area contributed by atoms with E-state index in [0.29, 0.717) is 37.4 Å². The molecule has 2 amide bonds.